The van der Waals surface area contributed by atoms with Gasteiger partial charge < -0.3 is 0 Å². The van der Waals surface area contributed by atoms with Crippen molar-refractivity contribution in [2.75, 3.05) is 0 Å². The van der Waals surface area contributed by atoms with Crippen molar-refractivity contribution < 1.29 is 0 Å². The second-order valence-electron chi connectivity index (χ2n) is 14.3. The summed E-state index contributed by atoms with van der Waals surface area (Å²) in [6.45, 7) is 9.25. The van der Waals surface area contributed by atoms with Gasteiger partial charge in [0, 0.05) is 32.7 Å². The summed E-state index contributed by atoms with van der Waals surface area (Å²) in [4.78, 5) is 11.3. The lowest BCUT2D eigenvalue weighted by Gasteiger charge is -2.23. The molecule has 0 saturated heterocycles. The molecule has 0 fully saturated rings. The molecule has 0 aliphatic heterocycles. The Morgan fingerprint density at radius 1 is 0.468 bits per heavy atom. The highest BCUT2D eigenvalue weighted by molar-refractivity contribution is 6.13. The molecule has 2 aliphatic carbocycles. The Labute approximate surface area is 274 Å². The van der Waals surface area contributed by atoms with Gasteiger partial charge in [-0.05, 0) is 62.9 Å². The standard InChI is InChI=1S/C44H33N3/c1-43(2)34-18-10-7-15-29(34)30-22-21-28(24-36(30)43)39-42(46-40-32-17-8-11-19-35(32)44(3,4)41(40)45-39)47-37-20-12-9-16-31(37)33-23-26-13-5-6-14-27(26)25-38(33)47/h5-25H,1-4H3. The Morgan fingerprint density at radius 2 is 1.11 bits per heavy atom. The van der Waals surface area contributed by atoms with E-state index in [1.165, 1.54) is 54.9 Å². The summed E-state index contributed by atoms with van der Waals surface area (Å²) >= 11 is 0. The molecule has 2 aromatic heterocycles. The first-order valence-corrected chi connectivity index (χ1v) is 16.5. The van der Waals surface area contributed by atoms with Gasteiger partial charge in [-0.3, -0.25) is 4.57 Å². The molecule has 2 heterocycles. The third-order valence-electron chi connectivity index (χ3n) is 10.9. The number of aromatic nitrogens is 3. The van der Waals surface area contributed by atoms with Gasteiger partial charge in [0.2, 0.25) is 0 Å². The van der Waals surface area contributed by atoms with Gasteiger partial charge >= 0.3 is 0 Å². The summed E-state index contributed by atoms with van der Waals surface area (Å²) in [5, 5.41) is 4.88. The van der Waals surface area contributed by atoms with E-state index in [0.717, 1.165) is 39.5 Å². The minimum absolute atomic E-state index is 0.118. The molecule has 0 spiro atoms. The predicted octanol–water partition coefficient (Wildman–Crippen LogP) is 11.0. The monoisotopic (exact) mass is 603 g/mol. The molecule has 0 saturated carbocycles. The second-order valence-corrected chi connectivity index (χ2v) is 14.3. The van der Waals surface area contributed by atoms with Gasteiger partial charge in [-0.1, -0.05) is 131 Å². The number of benzene rings is 6. The molecule has 0 amide bonds. The van der Waals surface area contributed by atoms with E-state index in [9.17, 15) is 0 Å². The zero-order valence-electron chi connectivity index (χ0n) is 27.0. The Hall–Kier alpha value is -5.54. The van der Waals surface area contributed by atoms with Crippen molar-refractivity contribution in [3.63, 3.8) is 0 Å². The lowest BCUT2D eigenvalue weighted by molar-refractivity contribution is 0.635. The fourth-order valence-corrected chi connectivity index (χ4v) is 8.50. The van der Waals surface area contributed by atoms with Crippen molar-refractivity contribution in [1.82, 2.24) is 14.5 Å². The second kappa shape index (κ2) is 9.04. The molecule has 47 heavy (non-hydrogen) atoms. The number of nitrogens with zero attached hydrogens (tertiary/aromatic N) is 3. The van der Waals surface area contributed by atoms with Crippen LogP contribution < -0.4 is 0 Å². The van der Waals surface area contributed by atoms with Crippen LogP contribution in [0.2, 0.25) is 0 Å². The van der Waals surface area contributed by atoms with Gasteiger partial charge in [0.15, 0.2) is 5.82 Å². The third kappa shape index (κ3) is 3.46. The molecular weight excluding hydrogens is 571 g/mol. The average Bonchev–Trinajstić information content (AvgIpc) is 3.63. The van der Waals surface area contributed by atoms with E-state index in [0.29, 0.717) is 0 Å². The maximum atomic E-state index is 5.66. The molecule has 8 aromatic rings. The van der Waals surface area contributed by atoms with Crippen molar-refractivity contribution in [1.29, 1.82) is 0 Å². The van der Waals surface area contributed by atoms with Gasteiger partial charge in [0.1, 0.15) is 5.69 Å². The average molecular weight is 604 g/mol. The van der Waals surface area contributed by atoms with Crippen LogP contribution in [0.1, 0.15) is 50.1 Å². The molecule has 3 nitrogen and oxygen atoms in total. The predicted molar refractivity (Wildman–Crippen MR) is 194 cm³/mol. The van der Waals surface area contributed by atoms with Crippen LogP contribution in [0.25, 0.3) is 72.0 Å². The number of hydrogen-bond donors (Lipinski definition) is 0. The maximum absolute atomic E-state index is 5.66. The van der Waals surface area contributed by atoms with E-state index in [-0.39, 0.29) is 10.8 Å². The Bertz CT molecular complexity index is 2640. The Kier molecular flexibility index (Phi) is 5.13. The lowest BCUT2D eigenvalue weighted by Crippen LogP contribution is -2.18. The molecule has 0 N–H and O–H groups in total. The third-order valence-corrected chi connectivity index (χ3v) is 10.9. The zero-order valence-corrected chi connectivity index (χ0v) is 27.0. The highest BCUT2D eigenvalue weighted by atomic mass is 15.1. The summed E-state index contributed by atoms with van der Waals surface area (Å²) in [7, 11) is 0. The smallest absolute Gasteiger partial charge is 0.165 e. The molecule has 0 unspecified atom stereocenters. The number of para-hydroxylation sites is 1. The molecule has 2 aliphatic rings. The zero-order chi connectivity index (χ0) is 31.7. The Balaban J connectivity index is 1.33. The largest absolute Gasteiger partial charge is 0.292 e. The number of fused-ring (bicyclic) bond motifs is 10. The number of rotatable bonds is 2. The van der Waals surface area contributed by atoms with Crippen molar-refractivity contribution in [3.8, 4) is 39.5 Å². The molecule has 224 valence electrons. The van der Waals surface area contributed by atoms with Crippen molar-refractivity contribution in [2.24, 2.45) is 0 Å². The van der Waals surface area contributed by atoms with Crippen LogP contribution in [0.15, 0.2) is 127 Å². The van der Waals surface area contributed by atoms with Gasteiger partial charge in [0.25, 0.3) is 0 Å². The van der Waals surface area contributed by atoms with Gasteiger partial charge in [0.05, 0.1) is 22.4 Å². The van der Waals surface area contributed by atoms with E-state index in [2.05, 4.69) is 160 Å². The minimum Gasteiger partial charge on any atom is -0.292 e. The molecule has 3 heteroatoms. The van der Waals surface area contributed by atoms with Gasteiger partial charge in [-0.25, -0.2) is 9.97 Å². The first-order valence-electron chi connectivity index (χ1n) is 16.5. The molecule has 6 aromatic carbocycles. The maximum Gasteiger partial charge on any atom is 0.165 e. The van der Waals surface area contributed by atoms with Crippen LogP contribution in [-0.4, -0.2) is 14.5 Å². The molecule has 10 rings (SSSR count). The van der Waals surface area contributed by atoms with Crippen LogP contribution in [0, 0.1) is 0 Å². The van der Waals surface area contributed by atoms with E-state index >= 15 is 0 Å². The molecular formula is C44H33N3. The summed E-state index contributed by atoms with van der Waals surface area (Å²) in [5.41, 5.74) is 13.7. The highest BCUT2D eigenvalue weighted by Gasteiger charge is 2.40. The van der Waals surface area contributed by atoms with Crippen molar-refractivity contribution in [2.45, 2.75) is 38.5 Å². The summed E-state index contributed by atoms with van der Waals surface area (Å²) in [5.74, 6) is 0.867. The molecule has 0 radical (unpaired) electrons. The first kappa shape index (κ1) is 26.7. The fraction of sp³-hybridized carbons (Fsp3) is 0.136. The normalized spacial score (nSPS) is 15.1. The van der Waals surface area contributed by atoms with Crippen molar-refractivity contribution in [3.05, 3.63) is 150 Å². The highest BCUT2D eigenvalue weighted by Crippen LogP contribution is 2.52. The van der Waals surface area contributed by atoms with Crippen LogP contribution in [0.5, 0.6) is 0 Å². The van der Waals surface area contributed by atoms with Crippen molar-refractivity contribution >= 4 is 32.6 Å². The minimum atomic E-state index is -0.268. The van der Waals surface area contributed by atoms with Crippen LogP contribution in [-0.2, 0) is 10.8 Å². The summed E-state index contributed by atoms with van der Waals surface area (Å²) in [6, 6.07) is 46.5. The first-order chi connectivity index (χ1) is 22.8. The lowest BCUT2D eigenvalue weighted by atomic mass is 9.82. The van der Waals surface area contributed by atoms with E-state index in [1.54, 1.807) is 0 Å². The van der Waals surface area contributed by atoms with Crippen LogP contribution in [0.3, 0.4) is 0 Å². The molecule has 0 bridgehead atoms. The van der Waals surface area contributed by atoms with Gasteiger partial charge in [-0.2, -0.15) is 0 Å². The van der Waals surface area contributed by atoms with Crippen LogP contribution in [0.4, 0.5) is 0 Å². The fourth-order valence-electron chi connectivity index (χ4n) is 8.50. The van der Waals surface area contributed by atoms with E-state index in [4.69, 9.17) is 9.97 Å². The van der Waals surface area contributed by atoms with Gasteiger partial charge in [-0.15, -0.1) is 0 Å². The Morgan fingerprint density at radius 3 is 1.91 bits per heavy atom. The van der Waals surface area contributed by atoms with E-state index in [1.807, 2.05) is 0 Å². The topological polar surface area (TPSA) is 30.7 Å². The molecule has 0 atom stereocenters. The summed E-state index contributed by atoms with van der Waals surface area (Å²) in [6.07, 6.45) is 0. The SMILES string of the molecule is CC1(C)c2ccccc2-c2ccc(-c3nc4c(nc3-n3c5ccccc5c5cc6ccccc6cc53)-c3ccccc3C4(C)C)cc21. The summed E-state index contributed by atoms with van der Waals surface area (Å²) < 4.78 is 2.36. The quantitative estimate of drug-likeness (QED) is 0.197. The van der Waals surface area contributed by atoms with E-state index < -0.39 is 0 Å². The van der Waals surface area contributed by atoms with Crippen LogP contribution >= 0.6 is 0 Å². The number of hydrogen-bond acceptors (Lipinski definition) is 2.